The molecule has 0 radical (unpaired) electrons. The van der Waals surface area contributed by atoms with Gasteiger partial charge >= 0.3 is 6.09 Å². The van der Waals surface area contributed by atoms with E-state index in [-0.39, 0.29) is 0 Å². The molecular weight excluding hydrogens is 272 g/mol. The molecule has 0 aromatic carbocycles. The number of amides is 1. The number of nitrogens with one attached hydrogen (secondary N) is 1. The molecule has 1 heterocycles. The van der Waals surface area contributed by atoms with E-state index in [1.54, 1.807) is 27.8 Å². The van der Waals surface area contributed by atoms with Gasteiger partial charge in [0.15, 0.2) is 5.82 Å². The van der Waals surface area contributed by atoms with Crippen molar-refractivity contribution in [1.29, 1.82) is 0 Å². The fourth-order valence-electron chi connectivity index (χ4n) is 1.99. The highest BCUT2D eigenvalue weighted by Crippen LogP contribution is 2.20. The van der Waals surface area contributed by atoms with Crippen LogP contribution in [-0.4, -0.2) is 37.6 Å². The van der Waals surface area contributed by atoms with Crippen molar-refractivity contribution in [3.05, 3.63) is 12.2 Å². The summed E-state index contributed by atoms with van der Waals surface area (Å²) in [6.07, 6.45) is 0.493. The van der Waals surface area contributed by atoms with E-state index in [0.29, 0.717) is 18.2 Å². The third-order valence-electron chi connectivity index (χ3n) is 2.82. The number of carbonyl (C=O) groups excluding carboxylic acids is 1. The highest BCUT2D eigenvalue weighted by atomic mass is 16.6. The molecule has 0 aliphatic carbocycles. The third-order valence-corrected chi connectivity index (χ3v) is 2.82. The minimum absolute atomic E-state index is 0.299. The van der Waals surface area contributed by atoms with E-state index in [4.69, 9.17) is 4.74 Å². The topological polar surface area (TPSA) is 89.3 Å². The van der Waals surface area contributed by atoms with Gasteiger partial charge in [0.1, 0.15) is 18.0 Å². The molecular formula is C14H26N4O3. The lowest BCUT2D eigenvalue weighted by molar-refractivity contribution is 0.0387. The van der Waals surface area contributed by atoms with Crippen LogP contribution in [0.3, 0.4) is 0 Å². The first-order valence-electron chi connectivity index (χ1n) is 7.11. The van der Waals surface area contributed by atoms with E-state index in [1.807, 2.05) is 13.8 Å². The van der Waals surface area contributed by atoms with Crippen molar-refractivity contribution < 1.29 is 14.6 Å². The molecule has 0 aliphatic heterocycles. The van der Waals surface area contributed by atoms with Gasteiger partial charge in [-0.3, -0.25) is 4.68 Å². The van der Waals surface area contributed by atoms with E-state index < -0.39 is 23.8 Å². The number of ether oxygens (including phenoxy) is 1. The normalized spacial score (nSPS) is 14.9. The molecule has 0 fully saturated rings. The summed E-state index contributed by atoms with van der Waals surface area (Å²) in [4.78, 5) is 16.0. The first-order valence-corrected chi connectivity index (χ1v) is 7.11. The second kappa shape index (κ2) is 6.89. The van der Waals surface area contributed by atoms with Crippen molar-refractivity contribution in [2.75, 3.05) is 0 Å². The fourth-order valence-corrected chi connectivity index (χ4v) is 1.99. The lowest BCUT2D eigenvalue weighted by atomic mass is 9.99. The Balaban J connectivity index is 2.81. The number of hydrogen-bond donors (Lipinski definition) is 2. The zero-order valence-electron chi connectivity index (χ0n) is 13.6. The van der Waals surface area contributed by atoms with E-state index in [9.17, 15) is 9.90 Å². The maximum absolute atomic E-state index is 11.9. The zero-order chi connectivity index (χ0) is 16.2. The van der Waals surface area contributed by atoms with E-state index in [0.717, 1.165) is 0 Å². The van der Waals surface area contributed by atoms with Gasteiger partial charge in [0.05, 0.1) is 6.04 Å². The van der Waals surface area contributed by atoms with Crippen LogP contribution in [0.15, 0.2) is 6.33 Å². The molecule has 1 aromatic rings. The minimum Gasteiger partial charge on any atom is -0.444 e. The van der Waals surface area contributed by atoms with Crippen molar-refractivity contribution in [2.45, 2.75) is 58.8 Å². The molecule has 1 aromatic heterocycles. The summed E-state index contributed by atoms with van der Waals surface area (Å²) in [5, 5.41) is 17.1. The van der Waals surface area contributed by atoms with Gasteiger partial charge in [0.2, 0.25) is 0 Å². The maximum Gasteiger partial charge on any atom is 0.407 e. The number of aliphatic hydroxyl groups is 1. The molecule has 0 saturated carbocycles. The summed E-state index contributed by atoms with van der Waals surface area (Å²) in [5.74, 6) is 0.713. The Labute approximate surface area is 125 Å². The second-order valence-corrected chi connectivity index (χ2v) is 6.57. The number of rotatable bonds is 5. The summed E-state index contributed by atoms with van der Waals surface area (Å²) in [7, 11) is 1.70. The highest BCUT2D eigenvalue weighted by Gasteiger charge is 2.28. The number of aliphatic hydroxyl groups excluding tert-OH is 1. The van der Waals surface area contributed by atoms with Crippen molar-refractivity contribution in [1.82, 2.24) is 20.1 Å². The van der Waals surface area contributed by atoms with Crippen molar-refractivity contribution in [2.24, 2.45) is 13.0 Å². The van der Waals surface area contributed by atoms with Crippen LogP contribution < -0.4 is 5.32 Å². The maximum atomic E-state index is 11.9. The van der Waals surface area contributed by atoms with Crippen LogP contribution >= 0.6 is 0 Å². The van der Waals surface area contributed by atoms with Gasteiger partial charge in [-0.25, -0.2) is 9.78 Å². The number of hydrogen-bond acceptors (Lipinski definition) is 5. The third kappa shape index (κ3) is 5.71. The van der Waals surface area contributed by atoms with Gasteiger partial charge in [-0.15, -0.1) is 0 Å². The molecule has 21 heavy (non-hydrogen) atoms. The first kappa shape index (κ1) is 17.4. The van der Waals surface area contributed by atoms with Crippen molar-refractivity contribution in [3.8, 4) is 0 Å². The molecule has 2 atom stereocenters. The smallest absolute Gasteiger partial charge is 0.407 e. The Morgan fingerprint density at radius 1 is 1.48 bits per heavy atom. The van der Waals surface area contributed by atoms with Crippen LogP contribution in [0, 0.1) is 5.92 Å². The SMILES string of the molecule is CC(C)CC(NC(=O)OC(C)(C)C)C(O)c1ncnn1C. The van der Waals surface area contributed by atoms with Gasteiger partial charge in [0.25, 0.3) is 0 Å². The first-order chi connectivity index (χ1) is 9.60. The second-order valence-electron chi connectivity index (χ2n) is 6.57. The number of nitrogens with zero attached hydrogens (tertiary/aromatic N) is 3. The quantitative estimate of drug-likeness (QED) is 0.865. The molecule has 0 saturated heterocycles. The van der Waals surface area contributed by atoms with Crippen molar-refractivity contribution >= 4 is 6.09 Å². The standard InChI is InChI=1S/C14H26N4O3/c1-9(2)7-10(17-13(20)21-14(3,4)5)11(19)12-15-8-16-18(12)6/h8-11,19H,7H2,1-6H3,(H,17,20). The summed E-state index contributed by atoms with van der Waals surface area (Å²) in [5.41, 5.74) is -0.581. The number of aromatic nitrogens is 3. The average molecular weight is 298 g/mol. The van der Waals surface area contributed by atoms with Gasteiger partial charge in [-0.05, 0) is 33.1 Å². The van der Waals surface area contributed by atoms with E-state index in [2.05, 4.69) is 15.4 Å². The van der Waals surface area contributed by atoms with Crippen LogP contribution in [-0.2, 0) is 11.8 Å². The number of aryl methyl sites for hydroxylation is 1. The van der Waals surface area contributed by atoms with Gasteiger partial charge < -0.3 is 15.2 Å². The number of carbonyl (C=O) groups is 1. The minimum atomic E-state index is -0.938. The van der Waals surface area contributed by atoms with Crippen LogP contribution in [0.4, 0.5) is 4.79 Å². The average Bonchev–Trinajstić information content (AvgIpc) is 2.70. The zero-order valence-corrected chi connectivity index (χ0v) is 13.6. The molecule has 0 aliphatic rings. The molecule has 7 nitrogen and oxygen atoms in total. The Kier molecular flexibility index (Phi) is 5.71. The van der Waals surface area contributed by atoms with Crippen LogP contribution in [0.5, 0.6) is 0 Å². The van der Waals surface area contributed by atoms with Crippen LogP contribution in [0.1, 0.15) is 53.0 Å². The fraction of sp³-hybridized carbons (Fsp3) is 0.786. The Morgan fingerprint density at radius 2 is 2.10 bits per heavy atom. The Morgan fingerprint density at radius 3 is 2.52 bits per heavy atom. The molecule has 1 amide bonds. The van der Waals surface area contributed by atoms with Gasteiger partial charge in [-0.1, -0.05) is 13.8 Å². The summed E-state index contributed by atoms with van der Waals surface area (Å²) in [6, 6.07) is -0.484. The van der Waals surface area contributed by atoms with Crippen LogP contribution in [0.2, 0.25) is 0 Å². The van der Waals surface area contributed by atoms with Gasteiger partial charge in [-0.2, -0.15) is 5.10 Å². The summed E-state index contributed by atoms with van der Waals surface area (Å²) in [6.45, 7) is 9.43. The lowest BCUT2D eigenvalue weighted by Crippen LogP contribution is -2.43. The van der Waals surface area contributed by atoms with Gasteiger partial charge in [0, 0.05) is 7.05 Å². The van der Waals surface area contributed by atoms with Crippen molar-refractivity contribution in [3.63, 3.8) is 0 Å². The van der Waals surface area contributed by atoms with E-state index >= 15 is 0 Å². The predicted octanol–water partition coefficient (Wildman–Crippen LogP) is 1.79. The van der Waals surface area contributed by atoms with E-state index in [1.165, 1.54) is 11.0 Å². The lowest BCUT2D eigenvalue weighted by Gasteiger charge is -2.27. The number of alkyl carbamates (subject to hydrolysis) is 1. The molecule has 1 rings (SSSR count). The Bertz CT molecular complexity index is 465. The predicted molar refractivity (Wildman–Crippen MR) is 78.6 cm³/mol. The molecule has 0 bridgehead atoms. The molecule has 7 heteroatoms. The summed E-state index contributed by atoms with van der Waals surface area (Å²) < 4.78 is 6.74. The largest absolute Gasteiger partial charge is 0.444 e. The highest BCUT2D eigenvalue weighted by molar-refractivity contribution is 5.68. The molecule has 2 unspecified atom stereocenters. The molecule has 2 N–H and O–H groups in total. The summed E-state index contributed by atoms with van der Waals surface area (Å²) >= 11 is 0. The molecule has 120 valence electrons. The van der Waals surface area contributed by atoms with Crippen LogP contribution in [0.25, 0.3) is 0 Å². The molecule has 0 spiro atoms. The Hall–Kier alpha value is -1.63. The monoisotopic (exact) mass is 298 g/mol.